The van der Waals surface area contributed by atoms with E-state index >= 15 is 0 Å². The fourth-order valence-electron chi connectivity index (χ4n) is 3.19. The topological polar surface area (TPSA) is 116 Å². The van der Waals surface area contributed by atoms with Crippen molar-refractivity contribution in [3.8, 4) is 0 Å². The van der Waals surface area contributed by atoms with Crippen molar-refractivity contribution in [1.29, 1.82) is 0 Å². The number of sulfonamides is 1. The number of rotatable bonds is 8. The molecule has 1 atom stereocenters. The molecule has 3 aromatic rings. The van der Waals surface area contributed by atoms with E-state index in [9.17, 15) is 23.3 Å². The zero-order valence-corrected chi connectivity index (χ0v) is 18.0. The van der Waals surface area contributed by atoms with Crippen molar-refractivity contribution in [3.05, 3.63) is 81.4 Å². The number of nitrogens with one attached hydrogen (secondary N) is 1. The molecule has 0 aliphatic rings. The van der Waals surface area contributed by atoms with Gasteiger partial charge in [0.2, 0.25) is 10.0 Å². The zero-order chi connectivity index (χ0) is 22.6. The van der Waals surface area contributed by atoms with Crippen molar-refractivity contribution in [2.75, 3.05) is 6.61 Å². The fourth-order valence-corrected chi connectivity index (χ4v) is 4.85. The minimum atomic E-state index is -4.13. The summed E-state index contributed by atoms with van der Waals surface area (Å²) in [6.07, 6.45) is -0.334. The lowest BCUT2D eigenvalue weighted by Gasteiger charge is -2.19. The number of hydrogen-bond acceptors (Lipinski definition) is 6. The Kier molecular flexibility index (Phi) is 6.89. The van der Waals surface area contributed by atoms with Gasteiger partial charge in [-0.25, -0.2) is 13.1 Å². The van der Waals surface area contributed by atoms with E-state index in [0.717, 1.165) is 0 Å². The van der Waals surface area contributed by atoms with Crippen LogP contribution >= 0.6 is 11.6 Å². The first-order chi connectivity index (χ1) is 14.7. The largest absolute Gasteiger partial charge is 0.466 e. The monoisotopic (exact) mass is 462 g/mol. The molecule has 0 saturated carbocycles. The summed E-state index contributed by atoms with van der Waals surface area (Å²) in [5.41, 5.74) is 0.0478. The summed E-state index contributed by atoms with van der Waals surface area (Å²) in [5.74, 6) is -0.636. The number of carbonyl (C=O) groups is 1. The summed E-state index contributed by atoms with van der Waals surface area (Å²) in [6, 6.07) is 14.0. The van der Waals surface area contributed by atoms with Gasteiger partial charge in [-0.3, -0.25) is 14.9 Å². The summed E-state index contributed by atoms with van der Waals surface area (Å²) in [7, 11) is -4.13. The Bertz CT molecular complexity index is 1250. The Labute approximate surface area is 184 Å². The number of non-ortho nitro benzene ring substituents is 1. The molecule has 162 valence electrons. The number of benzene rings is 3. The van der Waals surface area contributed by atoms with Crippen molar-refractivity contribution >= 4 is 44.1 Å². The van der Waals surface area contributed by atoms with Crippen LogP contribution in [0.1, 0.15) is 24.9 Å². The lowest BCUT2D eigenvalue weighted by atomic mass is 10.0. The molecule has 0 unspecified atom stereocenters. The lowest BCUT2D eigenvalue weighted by molar-refractivity contribution is -0.384. The average Bonchev–Trinajstić information content (AvgIpc) is 2.73. The van der Waals surface area contributed by atoms with Gasteiger partial charge < -0.3 is 4.74 Å². The number of nitro benzene ring substituents is 1. The molecule has 8 nitrogen and oxygen atoms in total. The fraction of sp³-hybridized carbons (Fsp3) is 0.190. The van der Waals surface area contributed by atoms with Crippen LogP contribution in [0.4, 0.5) is 5.69 Å². The summed E-state index contributed by atoms with van der Waals surface area (Å²) < 4.78 is 34.0. The van der Waals surface area contributed by atoms with Crippen LogP contribution in [0.25, 0.3) is 10.8 Å². The van der Waals surface area contributed by atoms with Gasteiger partial charge in [-0.15, -0.1) is 0 Å². The second-order valence-electron chi connectivity index (χ2n) is 6.63. The summed E-state index contributed by atoms with van der Waals surface area (Å²) in [5, 5.41) is 12.5. The van der Waals surface area contributed by atoms with Crippen LogP contribution in [0.5, 0.6) is 0 Å². The predicted octanol–water partition coefficient (Wildman–Crippen LogP) is 4.37. The zero-order valence-electron chi connectivity index (χ0n) is 16.4. The summed E-state index contributed by atoms with van der Waals surface area (Å²) in [6.45, 7) is 1.75. The lowest BCUT2D eigenvalue weighted by Crippen LogP contribution is -2.31. The van der Waals surface area contributed by atoms with Gasteiger partial charge >= 0.3 is 5.97 Å². The van der Waals surface area contributed by atoms with E-state index in [1.54, 1.807) is 31.2 Å². The Morgan fingerprint density at radius 1 is 1.13 bits per heavy atom. The number of carbonyl (C=O) groups excluding carboxylic acids is 1. The Morgan fingerprint density at radius 2 is 1.84 bits per heavy atom. The third kappa shape index (κ3) is 5.19. The summed E-state index contributed by atoms with van der Waals surface area (Å²) in [4.78, 5) is 22.7. The first-order valence-electron chi connectivity index (χ1n) is 9.32. The molecule has 3 rings (SSSR count). The summed E-state index contributed by atoms with van der Waals surface area (Å²) >= 11 is 6.19. The maximum Gasteiger partial charge on any atom is 0.307 e. The Balaban J connectivity index is 2.05. The maximum atomic E-state index is 13.3. The van der Waals surface area contributed by atoms with Gasteiger partial charge in [-0.2, -0.15) is 0 Å². The van der Waals surface area contributed by atoms with Crippen LogP contribution in [-0.4, -0.2) is 25.9 Å². The molecule has 0 bridgehead atoms. The van der Waals surface area contributed by atoms with Crippen molar-refractivity contribution in [2.45, 2.75) is 24.3 Å². The van der Waals surface area contributed by atoms with E-state index in [1.165, 1.54) is 36.4 Å². The van der Waals surface area contributed by atoms with E-state index in [0.29, 0.717) is 15.8 Å². The quantitative estimate of drug-likeness (QED) is 0.302. The molecule has 0 amide bonds. The van der Waals surface area contributed by atoms with Crippen LogP contribution in [0.3, 0.4) is 0 Å². The van der Waals surface area contributed by atoms with Gasteiger partial charge in [-0.1, -0.05) is 48.0 Å². The van der Waals surface area contributed by atoms with Crippen molar-refractivity contribution in [2.24, 2.45) is 0 Å². The molecule has 31 heavy (non-hydrogen) atoms. The number of hydrogen-bond donors (Lipinski definition) is 1. The second kappa shape index (κ2) is 9.42. The van der Waals surface area contributed by atoms with Gasteiger partial charge in [-0.05, 0) is 24.6 Å². The second-order valence-corrected chi connectivity index (χ2v) is 8.72. The minimum absolute atomic E-state index is 0.0215. The van der Waals surface area contributed by atoms with Gasteiger partial charge in [0.1, 0.15) is 0 Å². The van der Waals surface area contributed by atoms with E-state index in [-0.39, 0.29) is 29.2 Å². The van der Waals surface area contributed by atoms with E-state index in [1.807, 2.05) is 0 Å². The van der Waals surface area contributed by atoms with Gasteiger partial charge in [0, 0.05) is 27.9 Å². The Morgan fingerprint density at radius 3 is 2.52 bits per heavy atom. The Hall–Kier alpha value is -3.01. The highest BCUT2D eigenvalue weighted by Gasteiger charge is 2.27. The van der Waals surface area contributed by atoms with E-state index in [2.05, 4.69) is 4.72 Å². The average molecular weight is 463 g/mol. The number of halogens is 1. The predicted molar refractivity (Wildman–Crippen MR) is 116 cm³/mol. The van der Waals surface area contributed by atoms with Crippen LogP contribution in [-0.2, 0) is 19.6 Å². The molecule has 0 aromatic heterocycles. The first-order valence-corrected chi connectivity index (χ1v) is 11.2. The third-order valence-electron chi connectivity index (χ3n) is 4.58. The normalized spacial score (nSPS) is 12.5. The first kappa shape index (κ1) is 22.7. The van der Waals surface area contributed by atoms with Crippen LogP contribution in [0.15, 0.2) is 65.6 Å². The molecule has 0 aliphatic heterocycles. The third-order valence-corrected chi connectivity index (χ3v) is 6.44. The van der Waals surface area contributed by atoms with Crippen molar-refractivity contribution < 1.29 is 22.9 Å². The van der Waals surface area contributed by atoms with Gasteiger partial charge in [0.15, 0.2) is 0 Å². The molecule has 0 spiro atoms. The maximum absolute atomic E-state index is 13.3. The highest BCUT2D eigenvalue weighted by atomic mass is 35.5. The van der Waals surface area contributed by atoms with Gasteiger partial charge in [0.05, 0.1) is 28.9 Å². The molecule has 0 aliphatic carbocycles. The molecule has 1 N–H and O–H groups in total. The molecular formula is C21H19ClN2O6S. The molecule has 3 aromatic carbocycles. The number of fused-ring (bicyclic) bond motifs is 1. The van der Waals surface area contributed by atoms with Gasteiger partial charge in [0.25, 0.3) is 5.69 Å². The SMILES string of the molecule is CCOC(=O)C[C@@H](NS(=O)(=O)c1ccc(Cl)c2ccccc12)c1cccc([N+](=O)[O-])c1. The minimum Gasteiger partial charge on any atom is -0.466 e. The number of nitrogens with zero attached hydrogens (tertiary/aromatic N) is 1. The van der Waals surface area contributed by atoms with Crippen LogP contribution < -0.4 is 4.72 Å². The van der Waals surface area contributed by atoms with E-state index < -0.39 is 27.0 Å². The molecule has 0 heterocycles. The molecule has 0 saturated heterocycles. The van der Waals surface area contributed by atoms with Crippen molar-refractivity contribution in [3.63, 3.8) is 0 Å². The highest BCUT2D eigenvalue weighted by Crippen LogP contribution is 2.31. The number of esters is 1. The molecular weight excluding hydrogens is 444 g/mol. The molecule has 0 radical (unpaired) electrons. The van der Waals surface area contributed by atoms with Crippen LogP contribution in [0.2, 0.25) is 5.02 Å². The molecule has 10 heteroatoms. The number of ether oxygens (including phenoxy) is 1. The standard InChI is InChI=1S/C21H19ClN2O6S/c1-2-30-21(25)13-19(14-6-5-7-15(12-14)24(26)27)23-31(28,29)20-11-10-18(22)16-8-3-4-9-17(16)20/h3-12,19,23H,2,13H2,1H3/t19-/m1/s1. The van der Waals surface area contributed by atoms with Crippen molar-refractivity contribution in [1.82, 2.24) is 4.72 Å². The van der Waals surface area contributed by atoms with E-state index in [4.69, 9.17) is 16.3 Å². The molecule has 0 fully saturated rings. The smallest absolute Gasteiger partial charge is 0.307 e. The van der Waals surface area contributed by atoms with Crippen LogP contribution in [0, 0.1) is 10.1 Å². The highest BCUT2D eigenvalue weighted by molar-refractivity contribution is 7.89. The number of nitro groups is 1.